The van der Waals surface area contributed by atoms with Crippen LogP contribution in [0.1, 0.15) is 23.0 Å². The number of benzene rings is 1. The van der Waals surface area contributed by atoms with Crippen LogP contribution in [0, 0.1) is 5.92 Å². The van der Waals surface area contributed by atoms with Gasteiger partial charge in [-0.05, 0) is 30.7 Å². The molecule has 9 heteroatoms. The maximum absolute atomic E-state index is 12.7. The molecular weight excluding hydrogens is 311 g/mol. The second kappa shape index (κ2) is 6.78. The average Bonchev–Trinajstić information content (AvgIpc) is 3.01. The Morgan fingerprint density at radius 1 is 1.43 bits per heavy atom. The lowest BCUT2D eigenvalue weighted by Gasteiger charge is -2.08. The van der Waals surface area contributed by atoms with Crippen molar-refractivity contribution in [1.82, 2.24) is 20.3 Å². The van der Waals surface area contributed by atoms with Crippen LogP contribution in [0.2, 0.25) is 0 Å². The van der Waals surface area contributed by atoms with Crippen LogP contribution in [0.5, 0.6) is 0 Å². The van der Waals surface area contributed by atoms with E-state index >= 15 is 0 Å². The second-order valence-electron chi connectivity index (χ2n) is 5.15. The molecule has 6 nitrogen and oxygen atoms in total. The number of alkyl halides is 3. The Labute approximate surface area is 130 Å². The molecule has 0 aliphatic heterocycles. The molecule has 0 spiro atoms. The molecule has 2 aromatic rings. The van der Waals surface area contributed by atoms with Gasteiger partial charge in [-0.3, -0.25) is 4.79 Å². The van der Waals surface area contributed by atoms with Gasteiger partial charge in [0.05, 0.1) is 17.4 Å². The molecule has 1 unspecified atom stereocenters. The maximum Gasteiger partial charge on any atom is 0.416 e. The van der Waals surface area contributed by atoms with Crippen molar-refractivity contribution in [3.8, 4) is 5.69 Å². The monoisotopic (exact) mass is 327 g/mol. The van der Waals surface area contributed by atoms with Crippen molar-refractivity contribution in [1.29, 1.82) is 0 Å². The quantitative estimate of drug-likeness (QED) is 0.874. The van der Waals surface area contributed by atoms with Gasteiger partial charge in [-0.25, -0.2) is 4.68 Å². The standard InChI is InChI=1S/C14H16F3N5O/c1-9(6-18)7-19-13(23)12-8-22(21-20-12)11-4-2-3-10(5-11)14(15,16)17/h2-5,8-9H,6-7,18H2,1H3,(H,19,23). The fraction of sp³-hybridized carbons (Fsp3) is 0.357. The van der Waals surface area contributed by atoms with Crippen LogP contribution in [0.3, 0.4) is 0 Å². The van der Waals surface area contributed by atoms with E-state index in [9.17, 15) is 18.0 Å². The molecule has 0 saturated carbocycles. The summed E-state index contributed by atoms with van der Waals surface area (Å²) in [5.74, 6) is -0.346. The van der Waals surface area contributed by atoms with Crippen molar-refractivity contribution in [2.24, 2.45) is 11.7 Å². The maximum atomic E-state index is 12.7. The Morgan fingerprint density at radius 2 is 2.17 bits per heavy atom. The minimum atomic E-state index is -4.45. The normalized spacial score (nSPS) is 12.9. The lowest BCUT2D eigenvalue weighted by atomic mass is 10.2. The summed E-state index contributed by atoms with van der Waals surface area (Å²) in [5, 5.41) is 10.0. The zero-order valence-electron chi connectivity index (χ0n) is 12.3. The molecule has 0 aliphatic rings. The Balaban J connectivity index is 2.15. The number of carbonyl (C=O) groups is 1. The molecule has 0 fully saturated rings. The summed E-state index contributed by atoms with van der Waals surface area (Å²) in [6.45, 7) is 2.68. The molecular formula is C14H16F3N5O. The lowest BCUT2D eigenvalue weighted by molar-refractivity contribution is -0.137. The number of nitrogens with zero attached hydrogens (tertiary/aromatic N) is 3. The molecule has 1 aromatic heterocycles. The Morgan fingerprint density at radius 3 is 2.83 bits per heavy atom. The second-order valence-corrected chi connectivity index (χ2v) is 5.15. The molecule has 0 radical (unpaired) electrons. The van der Waals surface area contributed by atoms with E-state index in [1.807, 2.05) is 6.92 Å². The molecule has 3 N–H and O–H groups in total. The number of carbonyl (C=O) groups excluding carboxylic acids is 1. The van der Waals surface area contributed by atoms with Gasteiger partial charge < -0.3 is 11.1 Å². The molecule has 2 rings (SSSR count). The third-order valence-electron chi connectivity index (χ3n) is 3.18. The highest BCUT2D eigenvalue weighted by atomic mass is 19.4. The third kappa shape index (κ3) is 4.28. The smallest absolute Gasteiger partial charge is 0.350 e. The van der Waals surface area contributed by atoms with Crippen LogP contribution in [-0.2, 0) is 6.18 Å². The molecule has 124 valence electrons. The Bertz CT molecular complexity index is 683. The number of nitrogens with one attached hydrogen (secondary N) is 1. The molecule has 1 atom stereocenters. The molecule has 1 heterocycles. The fourth-order valence-corrected chi connectivity index (χ4v) is 1.76. The summed E-state index contributed by atoms with van der Waals surface area (Å²) < 4.78 is 39.2. The largest absolute Gasteiger partial charge is 0.416 e. The molecule has 23 heavy (non-hydrogen) atoms. The summed E-state index contributed by atoms with van der Waals surface area (Å²) in [6.07, 6.45) is -3.17. The Kier molecular flexibility index (Phi) is 4.99. The van der Waals surface area contributed by atoms with E-state index in [1.165, 1.54) is 18.3 Å². The summed E-state index contributed by atoms with van der Waals surface area (Å²) >= 11 is 0. The molecule has 1 amide bonds. The zero-order chi connectivity index (χ0) is 17.0. The Hall–Kier alpha value is -2.42. The number of nitrogens with two attached hydrogens (primary N) is 1. The number of halogens is 3. The fourth-order valence-electron chi connectivity index (χ4n) is 1.76. The van der Waals surface area contributed by atoms with E-state index in [0.29, 0.717) is 13.1 Å². The van der Waals surface area contributed by atoms with Crippen LogP contribution in [0.25, 0.3) is 5.69 Å². The van der Waals surface area contributed by atoms with Gasteiger partial charge in [-0.15, -0.1) is 5.10 Å². The van der Waals surface area contributed by atoms with Gasteiger partial charge in [0.2, 0.25) is 0 Å². The van der Waals surface area contributed by atoms with Crippen LogP contribution in [-0.4, -0.2) is 34.0 Å². The van der Waals surface area contributed by atoms with Crippen LogP contribution < -0.4 is 11.1 Å². The van der Waals surface area contributed by atoms with E-state index in [4.69, 9.17) is 5.73 Å². The minimum absolute atomic E-state index is 0.0200. The number of aromatic nitrogens is 3. The number of amides is 1. The predicted molar refractivity (Wildman–Crippen MR) is 76.9 cm³/mol. The van der Waals surface area contributed by atoms with Crippen LogP contribution in [0.15, 0.2) is 30.5 Å². The molecule has 1 aromatic carbocycles. The SMILES string of the molecule is CC(CN)CNC(=O)c1cn(-c2cccc(C(F)(F)F)c2)nn1. The van der Waals surface area contributed by atoms with Gasteiger partial charge >= 0.3 is 6.18 Å². The first-order chi connectivity index (χ1) is 10.8. The number of rotatable bonds is 5. The predicted octanol–water partition coefficient (Wildman–Crippen LogP) is 1.61. The summed E-state index contributed by atoms with van der Waals surface area (Å²) in [4.78, 5) is 11.9. The first-order valence-corrected chi connectivity index (χ1v) is 6.89. The highest BCUT2D eigenvalue weighted by molar-refractivity contribution is 5.91. The summed E-state index contributed by atoms with van der Waals surface area (Å²) in [6, 6.07) is 4.61. The number of hydrogen-bond donors (Lipinski definition) is 2. The van der Waals surface area contributed by atoms with Gasteiger partial charge in [-0.1, -0.05) is 18.2 Å². The summed E-state index contributed by atoms with van der Waals surface area (Å²) in [5.41, 5.74) is 4.84. The van der Waals surface area contributed by atoms with Crippen molar-refractivity contribution >= 4 is 5.91 Å². The van der Waals surface area contributed by atoms with Gasteiger partial charge in [0.15, 0.2) is 5.69 Å². The molecule has 0 bridgehead atoms. The van der Waals surface area contributed by atoms with E-state index < -0.39 is 17.6 Å². The van der Waals surface area contributed by atoms with Gasteiger partial charge in [0, 0.05) is 6.54 Å². The van der Waals surface area contributed by atoms with E-state index in [0.717, 1.165) is 16.8 Å². The van der Waals surface area contributed by atoms with Gasteiger partial charge in [0.25, 0.3) is 5.91 Å². The first kappa shape index (κ1) is 16.9. The van der Waals surface area contributed by atoms with Gasteiger partial charge in [0.1, 0.15) is 0 Å². The van der Waals surface area contributed by atoms with Crippen LogP contribution >= 0.6 is 0 Å². The third-order valence-corrected chi connectivity index (χ3v) is 3.18. The summed E-state index contributed by atoms with van der Waals surface area (Å²) in [7, 11) is 0. The van der Waals surface area contributed by atoms with E-state index in [2.05, 4.69) is 15.6 Å². The number of hydrogen-bond acceptors (Lipinski definition) is 4. The van der Waals surface area contributed by atoms with E-state index in [1.54, 1.807) is 0 Å². The first-order valence-electron chi connectivity index (χ1n) is 6.89. The average molecular weight is 327 g/mol. The lowest BCUT2D eigenvalue weighted by Crippen LogP contribution is -2.31. The van der Waals surface area contributed by atoms with Crippen LogP contribution in [0.4, 0.5) is 13.2 Å². The highest BCUT2D eigenvalue weighted by Crippen LogP contribution is 2.30. The highest BCUT2D eigenvalue weighted by Gasteiger charge is 2.30. The van der Waals surface area contributed by atoms with Crippen molar-refractivity contribution in [3.05, 3.63) is 41.7 Å². The molecule has 0 saturated heterocycles. The molecule has 0 aliphatic carbocycles. The van der Waals surface area contributed by atoms with Gasteiger partial charge in [-0.2, -0.15) is 13.2 Å². The zero-order valence-corrected chi connectivity index (χ0v) is 12.3. The van der Waals surface area contributed by atoms with Crippen molar-refractivity contribution < 1.29 is 18.0 Å². The van der Waals surface area contributed by atoms with Crippen molar-refractivity contribution in [3.63, 3.8) is 0 Å². The van der Waals surface area contributed by atoms with Crippen molar-refractivity contribution in [2.45, 2.75) is 13.1 Å². The van der Waals surface area contributed by atoms with Crippen molar-refractivity contribution in [2.75, 3.05) is 13.1 Å². The van der Waals surface area contributed by atoms with E-state index in [-0.39, 0.29) is 17.3 Å². The topological polar surface area (TPSA) is 85.8 Å². The minimum Gasteiger partial charge on any atom is -0.350 e.